The topological polar surface area (TPSA) is 85.2 Å². The van der Waals surface area contributed by atoms with Crippen LogP contribution in [0.5, 0.6) is 17.2 Å². The minimum Gasteiger partial charge on any atom is -0.507 e. The second kappa shape index (κ2) is 7.70. The summed E-state index contributed by atoms with van der Waals surface area (Å²) in [5.74, 6) is -1.13. The van der Waals surface area contributed by atoms with Gasteiger partial charge >= 0.3 is 5.97 Å². The molecule has 0 amide bonds. The molecule has 2 atom stereocenters. The number of methoxy groups -OCH3 is 3. The van der Waals surface area contributed by atoms with E-state index in [4.69, 9.17) is 9.47 Å². The Kier molecular flexibility index (Phi) is 5.65. The number of esters is 1. The average Bonchev–Trinajstić information content (AvgIpc) is 2.62. The second-order valence-corrected chi connectivity index (χ2v) is 5.12. The molecule has 6 nitrogen and oxygen atoms in total. The number of ether oxygens (including phenoxy) is 3. The van der Waals surface area contributed by atoms with Crippen molar-refractivity contribution in [1.82, 2.24) is 0 Å². The lowest BCUT2D eigenvalue weighted by molar-refractivity contribution is -0.151. The van der Waals surface area contributed by atoms with Gasteiger partial charge in [-0.25, -0.2) is 4.79 Å². The number of hydrogen-bond acceptors (Lipinski definition) is 6. The third-order valence-corrected chi connectivity index (χ3v) is 3.78. The second-order valence-electron chi connectivity index (χ2n) is 5.12. The molecule has 0 aliphatic rings. The predicted octanol–water partition coefficient (Wildman–Crippen LogP) is 2.08. The number of carbonyl (C=O) groups excluding carboxylic acids is 1. The molecule has 24 heavy (non-hydrogen) atoms. The molecule has 2 N–H and O–H groups in total. The van der Waals surface area contributed by atoms with E-state index in [-0.39, 0.29) is 11.3 Å². The summed E-state index contributed by atoms with van der Waals surface area (Å²) in [4.78, 5) is 11.9. The van der Waals surface area contributed by atoms with Crippen molar-refractivity contribution >= 4 is 5.97 Å². The van der Waals surface area contributed by atoms with E-state index in [1.807, 2.05) is 6.07 Å². The van der Waals surface area contributed by atoms with Crippen LogP contribution >= 0.6 is 0 Å². The van der Waals surface area contributed by atoms with Gasteiger partial charge in [-0.1, -0.05) is 30.3 Å². The smallest absolute Gasteiger partial charge is 0.335 e. The van der Waals surface area contributed by atoms with Crippen LogP contribution in [0.1, 0.15) is 17.0 Å². The lowest BCUT2D eigenvalue weighted by Crippen LogP contribution is -2.30. The van der Waals surface area contributed by atoms with Crippen molar-refractivity contribution in [3.8, 4) is 17.2 Å². The van der Waals surface area contributed by atoms with Crippen LogP contribution in [0.3, 0.4) is 0 Å². The monoisotopic (exact) mass is 332 g/mol. The first-order valence-corrected chi connectivity index (χ1v) is 7.29. The maximum atomic E-state index is 11.9. The highest BCUT2D eigenvalue weighted by Gasteiger charge is 2.34. The standard InChI is InChI=1S/C18H20O6/c1-22-12-9-13(19)16(14(10-12)23-2)15(17(20)18(21)24-3)11-7-5-4-6-8-11/h4-10,15,17,19-20H,1-3H3/t15-,17+/m0/s1. The van der Waals surface area contributed by atoms with Gasteiger partial charge in [0, 0.05) is 17.7 Å². The summed E-state index contributed by atoms with van der Waals surface area (Å²) < 4.78 is 15.1. The number of carbonyl (C=O) groups is 1. The Morgan fingerprint density at radius 3 is 2.25 bits per heavy atom. The van der Waals surface area contributed by atoms with Crippen molar-refractivity contribution in [2.45, 2.75) is 12.0 Å². The summed E-state index contributed by atoms with van der Waals surface area (Å²) in [6.07, 6.45) is -1.51. The summed E-state index contributed by atoms with van der Waals surface area (Å²) in [6.45, 7) is 0. The Morgan fingerprint density at radius 2 is 1.71 bits per heavy atom. The fraction of sp³-hybridized carbons (Fsp3) is 0.278. The van der Waals surface area contributed by atoms with E-state index in [9.17, 15) is 15.0 Å². The van der Waals surface area contributed by atoms with Gasteiger partial charge in [0.1, 0.15) is 17.2 Å². The van der Waals surface area contributed by atoms with Crippen molar-refractivity contribution in [2.75, 3.05) is 21.3 Å². The molecule has 0 saturated heterocycles. The summed E-state index contributed by atoms with van der Waals surface area (Å²) >= 11 is 0. The van der Waals surface area contributed by atoms with Gasteiger partial charge in [-0.2, -0.15) is 0 Å². The molecule has 0 fully saturated rings. The van der Waals surface area contributed by atoms with Crippen LogP contribution < -0.4 is 9.47 Å². The van der Waals surface area contributed by atoms with Crippen molar-refractivity contribution in [3.63, 3.8) is 0 Å². The Hall–Kier alpha value is -2.73. The number of aromatic hydroxyl groups is 1. The zero-order valence-electron chi connectivity index (χ0n) is 13.7. The number of hydrogen-bond donors (Lipinski definition) is 2. The number of phenolic OH excluding ortho intramolecular Hbond substituents is 1. The van der Waals surface area contributed by atoms with Gasteiger partial charge in [-0.3, -0.25) is 0 Å². The summed E-state index contributed by atoms with van der Waals surface area (Å²) in [5.41, 5.74) is 0.913. The molecule has 0 unspecified atom stereocenters. The van der Waals surface area contributed by atoms with Gasteiger partial charge in [0.05, 0.1) is 27.2 Å². The summed E-state index contributed by atoms with van der Waals surface area (Å²) in [6, 6.07) is 11.8. The van der Waals surface area contributed by atoms with Crippen LogP contribution in [0.4, 0.5) is 0 Å². The maximum Gasteiger partial charge on any atom is 0.335 e. The van der Waals surface area contributed by atoms with Crippen LogP contribution in [0.2, 0.25) is 0 Å². The molecular weight excluding hydrogens is 312 g/mol. The lowest BCUT2D eigenvalue weighted by Gasteiger charge is -2.25. The summed E-state index contributed by atoms with van der Waals surface area (Å²) in [7, 11) is 4.09. The van der Waals surface area contributed by atoms with Gasteiger partial charge in [0.25, 0.3) is 0 Å². The molecule has 0 radical (unpaired) electrons. The fourth-order valence-electron chi connectivity index (χ4n) is 2.61. The highest BCUT2D eigenvalue weighted by Crippen LogP contribution is 2.43. The van der Waals surface area contributed by atoms with Crippen molar-refractivity contribution in [1.29, 1.82) is 0 Å². The minimum atomic E-state index is -1.51. The van der Waals surface area contributed by atoms with E-state index >= 15 is 0 Å². The third-order valence-electron chi connectivity index (χ3n) is 3.78. The number of aliphatic hydroxyl groups excluding tert-OH is 1. The normalized spacial score (nSPS) is 13.0. The van der Waals surface area contributed by atoms with E-state index in [2.05, 4.69) is 4.74 Å². The predicted molar refractivity (Wildman–Crippen MR) is 87.5 cm³/mol. The van der Waals surface area contributed by atoms with Gasteiger partial charge in [-0.05, 0) is 5.56 Å². The molecule has 0 aromatic heterocycles. The first kappa shape index (κ1) is 17.6. The van der Waals surface area contributed by atoms with E-state index < -0.39 is 18.0 Å². The zero-order chi connectivity index (χ0) is 17.7. The van der Waals surface area contributed by atoms with E-state index in [0.717, 1.165) is 0 Å². The van der Waals surface area contributed by atoms with Crippen molar-refractivity contribution < 1.29 is 29.2 Å². The van der Waals surface area contributed by atoms with Crippen molar-refractivity contribution in [2.24, 2.45) is 0 Å². The van der Waals surface area contributed by atoms with Crippen LogP contribution in [0.15, 0.2) is 42.5 Å². The fourth-order valence-corrected chi connectivity index (χ4v) is 2.61. The third kappa shape index (κ3) is 3.44. The number of phenols is 1. The largest absolute Gasteiger partial charge is 0.507 e. The molecule has 0 saturated carbocycles. The molecule has 6 heteroatoms. The zero-order valence-corrected chi connectivity index (χ0v) is 13.7. The Labute approximate surface area is 140 Å². The van der Waals surface area contributed by atoms with Gasteiger partial charge in [0.2, 0.25) is 0 Å². The van der Waals surface area contributed by atoms with Crippen molar-refractivity contribution in [3.05, 3.63) is 53.6 Å². The van der Waals surface area contributed by atoms with Gasteiger partial charge in [-0.15, -0.1) is 0 Å². The maximum absolute atomic E-state index is 11.9. The Morgan fingerprint density at radius 1 is 1.04 bits per heavy atom. The SMILES string of the molecule is COC(=O)[C@H](O)[C@@H](c1ccccc1)c1c(O)cc(OC)cc1OC. The molecule has 0 aliphatic heterocycles. The molecule has 2 aromatic rings. The van der Waals surface area contributed by atoms with Crippen LogP contribution in [-0.2, 0) is 9.53 Å². The van der Waals surface area contributed by atoms with Crippen LogP contribution in [0.25, 0.3) is 0 Å². The highest BCUT2D eigenvalue weighted by molar-refractivity contribution is 5.77. The molecule has 0 spiro atoms. The molecule has 2 rings (SSSR count). The average molecular weight is 332 g/mol. The lowest BCUT2D eigenvalue weighted by atomic mass is 9.85. The first-order valence-electron chi connectivity index (χ1n) is 7.29. The van der Waals surface area contributed by atoms with E-state index in [1.54, 1.807) is 30.3 Å². The Bertz CT molecular complexity index is 698. The van der Waals surface area contributed by atoms with Crippen LogP contribution in [0, 0.1) is 0 Å². The quantitative estimate of drug-likeness (QED) is 0.788. The number of benzene rings is 2. The van der Waals surface area contributed by atoms with Gasteiger partial charge in [0.15, 0.2) is 6.10 Å². The molecule has 0 bridgehead atoms. The molecule has 128 valence electrons. The van der Waals surface area contributed by atoms with E-state index in [0.29, 0.717) is 17.1 Å². The Balaban J connectivity index is 2.66. The molecular formula is C18H20O6. The first-order chi connectivity index (χ1) is 11.5. The molecule has 2 aromatic carbocycles. The number of aliphatic hydroxyl groups is 1. The number of rotatable bonds is 6. The molecule has 0 aliphatic carbocycles. The molecule has 0 heterocycles. The highest BCUT2D eigenvalue weighted by atomic mass is 16.5. The minimum absolute atomic E-state index is 0.150. The van der Waals surface area contributed by atoms with Crippen LogP contribution in [-0.4, -0.2) is 43.6 Å². The van der Waals surface area contributed by atoms with Gasteiger partial charge < -0.3 is 24.4 Å². The summed E-state index contributed by atoms with van der Waals surface area (Å²) in [5, 5.41) is 20.9. The van der Waals surface area contributed by atoms with E-state index in [1.165, 1.54) is 27.4 Å².